The number of hydrogen-bond acceptors (Lipinski definition) is 7. The number of likely N-dealkylation sites (tertiary alicyclic amines) is 1. The fraction of sp³-hybridized carbons (Fsp3) is 0.263. The molecule has 0 bridgehead atoms. The highest BCUT2D eigenvalue weighted by Gasteiger charge is 2.36. The van der Waals surface area contributed by atoms with Crippen molar-refractivity contribution in [1.82, 2.24) is 24.3 Å². The predicted octanol–water partition coefficient (Wildman–Crippen LogP) is 1.62. The average Bonchev–Trinajstić information content (AvgIpc) is 3.17. The van der Waals surface area contributed by atoms with Gasteiger partial charge in [0.15, 0.2) is 0 Å². The van der Waals surface area contributed by atoms with Crippen molar-refractivity contribution >= 4 is 15.9 Å². The Bertz CT molecular complexity index is 1120. The van der Waals surface area contributed by atoms with E-state index in [-0.39, 0.29) is 16.7 Å². The lowest BCUT2D eigenvalue weighted by Crippen LogP contribution is -2.48. The second-order valence-corrected chi connectivity index (χ2v) is 9.07. The number of rotatable bonds is 5. The van der Waals surface area contributed by atoms with Gasteiger partial charge < -0.3 is 9.42 Å². The van der Waals surface area contributed by atoms with E-state index in [0.29, 0.717) is 30.4 Å². The van der Waals surface area contributed by atoms with E-state index in [4.69, 9.17) is 4.52 Å². The number of benzene rings is 1. The van der Waals surface area contributed by atoms with Gasteiger partial charge in [-0.3, -0.25) is 9.78 Å². The van der Waals surface area contributed by atoms with Crippen LogP contribution in [0.25, 0.3) is 11.4 Å². The van der Waals surface area contributed by atoms with Crippen LogP contribution in [-0.2, 0) is 10.0 Å². The van der Waals surface area contributed by atoms with Gasteiger partial charge in [0.25, 0.3) is 5.91 Å². The Balaban J connectivity index is 1.40. The highest BCUT2D eigenvalue weighted by Crippen LogP contribution is 2.29. The highest BCUT2D eigenvalue weighted by atomic mass is 32.2. The third-order valence-electron chi connectivity index (χ3n) is 4.76. The van der Waals surface area contributed by atoms with Gasteiger partial charge in [0, 0.05) is 50.7 Å². The Morgan fingerprint density at radius 1 is 1.17 bits per heavy atom. The second kappa shape index (κ2) is 7.37. The van der Waals surface area contributed by atoms with Gasteiger partial charge in [0.1, 0.15) is 0 Å². The smallest absolute Gasteiger partial charge is 0.253 e. The van der Waals surface area contributed by atoms with E-state index in [1.165, 1.54) is 38.4 Å². The number of carbonyl (C=O) groups excluding carboxylic acids is 1. The van der Waals surface area contributed by atoms with Crippen molar-refractivity contribution in [2.24, 2.45) is 0 Å². The molecule has 1 aliphatic rings. The zero-order valence-corrected chi connectivity index (χ0v) is 16.7. The predicted molar refractivity (Wildman–Crippen MR) is 103 cm³/mol. The summed E-state index contributed by atoms with van der Waals surface area (Å²) in [5.74, 6) is 0.767. The van der Waals surface area contributed by atoms with E-state index in [9.17, 15) is 13.2 Å². The second-order valence-electron chi connectivity index (χ2n) is 6.92. The molecule has 0 atom stereocenters. The minimum atomic E-state index is -3.52. The molecule has 1 fully saturated rings. The van der Waals surface area contributed by atoms with Crippen LogP contribution in [-0.4, -0.2) is 65.8 Å². The molecule has 2 aromatic heterocycles. The minimum Gasteiger partial charge on any atom is -0.339 e. The van der Waals surface area contributed by atoms with E-state index in [0.717, 1.165) is 9.87 Å². The van der Waals surface area contributed by atoms with Crippen LogP contribution >= 0.6 is 0 Å². The molecule has 10 heteroatoms. The molecule has 29 heavy (non-hydrogen) atoms. The molecular weight excluding hydrogens is 394 g/mol. The lowest BCUT2D eigenvalue weighted by molar-refractivity contribution is 0.0569. The van der Waals surface area contributed by atoms with Crippen LogP contribution < -0.4 is 0 Å². The van der Waals surface area contributed by atoms with Crippen molar-refractivity contribution in [3.63, 3.8) is 0 Å². The first-order valence-electron chi connectivity index (χ1n) is 8.92. The van der Waals surface area contributed by atoms with Crippen molar-refractivity contribution < 1.29 is 17.7 Å². The minimum absolute atomic E-state index is 0.0229. The third kappa shape index (κ3) is 3.64. The number of hydrogen-bond donors (Lipinski definition) is 0. The first-order chi connectivity index (χ1) is 13.9. The number of amides is 1. The van der Waals surface area contributed by atoms with Gasteiger partial charge >= 0.3 is 0 Å². The molecule has 1 saturated heterocycles. The molecule has 0 saturated carbocycles. The van der Waals surface area contributed by atoms with E-state index in [2.05, 4.69) is 15.1 Å². The fourth-order valence-corrected chi connectivity index (χ4v) is 3.88. The third-order valence-corrected chi connectivity index (χ3v) is 6.59. The number of pyridine rings is 1. The standard InChI is InChI=1S/C19H19N5O4S/c1-23(2)29(26,27)16-7-5-13(6-8-16)19(25)24-11-15(12-24)18-21-17(22-28-18)14-4-3-9-20-10-14/h3-10,15H,11-12H2,1-2H3. The number of aromatic nitrogens is 3. The summed E-state index contributed by atoms with van der Waals surface area (Å²) < 4.78 is 30.7. The molecule has 4 rings (SSSR count). The molecule has 0 spiro atoms. The van der Waals surface area contributed by atoms with Gasteiger partial charge in [-0.1, -0.05) is 5.16 Å². The quantitative estimate of drug-likeness (QED) is 0.625. The Hall–Kier alpha value is -3.11. The van der Waals surface area contributed by atoms with Crippen LogP contribution in [0.4, 0.5) is 0 Å². The zero-order chi connectivity index (χ0) is 20.6. The molecule has 9 nitrogen and oxygen atoms in total. The van der Waals surface area contributed by atoms with Crippen molar-refractivity contribution in [1.29, 1.82) is 0 Å². The van der Waals surface area contributed by atoms with Crippen molar-refractivity contribution in [2.75, 3.05) is 27.2 Å². The van der Waals surface area contributed by atoms with Crippen LogP contribution in [0.15, 0.2) is 58.2 Å². The largest absolute Gasteiger partial charge is 0.339 e. The summed E-state index contributed by atoms with van der Waals surface area (Å²) in [7, 11) is -0.592. The van der Waals surface area contributed by atoms with Crippen LogP contribution in [0.5, 0.6) is 0 Å². The fourth-order valence-electron chi connectivity index (χ4n) is 2.98. The van der Waals surface area contributed by atoms with Gasteiger partial charge in [-0.2, -0.15) is 4.98 Å². The van der Waals surface area contributed by atoms with Gasteiger partial charge in [0.05, 0.1) is 10.8 Å². The maximum Gasteiger partial charge on any atom is 0.253 e. The monoisotopic (exact) mass is 413 g/mol. The summed E-state index contributed by atoms with van der Waals surface area (Å²) in [5, 5.41) is 3.97. The van der Waals surface area contributed by atoms with Gasteiger partial charge in [-0.15, -0.1) is 0 Å². The molecule has 0 radical (unpaired) electrons. The molecule has 1 aromatic carbocycles. The van der Waals surface area contributed by atoms with Gasteiger partial charge in [0.2, 0.25) is 21.7 Å². The summed E-state index contributed by atoms with van der Waals surface area (Å²) in [5.41, 5.74) is 1.20. The van der Waals surface area contributed by atoms with E-state index in [1.807, 2.05) is 6.07 Å². The Labute approximate surface area is 168 Å². The Morgan fingerprint density at radius 2 is 1.90 bits per heavy atom. The summed E-state index contributed by atoms with van der Waals surface area (Å²) >= 11 is 0. The Kier molecular flexibility index (Phi) is 4.89. The molecule has 0 unspecified atom stereocenters. The van der Waals surface area contributed by atoms with Crippen LogP contribution in [0, 0.1) is 0 Å². The molecule has 1 aliphatic heterocycles. The van der Waals surface area contributed by atoms with E-state index in [1.54, 1.807) is 23.4 Å². The normalized spacial score (nSPS) is 14.8. The summed E-state index contributed by atoms with van der Waals surface area (Å²) in [6.45, 7) is 0.927. The summed E-state index contributed by atoms with van der Waals surface area (Å²) in [6.07, 6.45) is 3.33. The zero-order valence-electron chi connectivity index (χ0n) is 15.9. The Morgan fingerprint density at radius 3 is 2.52 bits per heavy atom. The first kappa shape index (κ1) is 19.2. The van der Waals surface area contributed by atoms with Crippen molar-refractivity contribution in [3.8, 4) is 11.4 Å². The van der Waals surface area contributed by atoms with Crippen LogP contribution in [0.1, 0.15) is 22.2 Å². The molecule has 0 N–H and O–H groups in total. The lowest BCUT2D eigenvalue weighted by Gasteiger charge is -2.37. The van der Waals surface area contributed by atoms with Crippen LogP contribution in [0.2, 0.25) is 0 Å². The molecule has 3 heterocycles. The van der Waals surface area contributed by atoms with Crippen molar-refractivity contribution in [2.45, 2.75) is 10.8 Å². The number of nitrogens with zero attached hydrogens (tertiary/aromatic N) is 5. The number of carbonyl (C=O) groups is 1. The lowest BCUT2D eigenvalue weighted by atomic mass is 9.99. The molecular formula is C19H19N5O4S. The number of sulfonamides is 1. The van der Waals surface area contributed by atoms with Gasteiger partial charge in [-0.05, 0) is 36.4 Å². The molecule has 3 aromatic rings. The first-order valence-corrected chi connectivity index (χ1v) is 10.4. The van der Waals surface area contributed by atoms with Crippen LogP contribution in [0.3, 0.4) is 0 Å². The maximum atomic E-state index is 12.6. The molecule has 150 valence electrons. The summed E-state index contributed by atoms with van der Waals surface area (Å²) in [6, 6.07) is 9.58. The SMILES string of the molecule is CN(C)S(=O)(=O)c1ccc(C(=O)N2CC(c3nc(-c4cccnc4)no3)C2)cc1. The van der Waals surface area contributed by atoms with Crippen molar-refractivity contribution in [3.05, 3.63) is 60.2 Å². The van der Waals surface area contributed by atoms with Gasteiger partial charge in [-0.25, -0.2) is 12.7 Å². The maximum absolute atomic E-state index is 12.6. The summed E-state index contributed by atoms with van der Waals surface area (Å²) in [4.78, 5) is 22.9. The van der Waals surface area contributed by atoms with E-state index >= 15 is 0 Å². The topological polar surface area (TPSA) is 110 Å². The van der Waals surface area contributed by atoms with E-state index < -0.39 is 10.0 Å². The molecule has 0 aliphatic carbocycles. The highest BCUT2D eigenvalue weighted by molar-refractivity contribution is 7.89. The molecule has 1 amide bonds. The average molecular weight is 413 g/mol.